The van der Waals surface area contributed by atoms with Crippen molar-refractivity contribution in [2.45, 2.75) is 32.7 Å². The number of likely N-dealkylation sites (tertiary alicyclic amines) is 1. The van der Waals surface area contributed by atoms with Crippen molar-refractivity contribution in [3.05, 3.63) is 34.1 Å². The summed E-state index contributed by atoms with van der Waals surface area (Å²) >= 11 is 3.26. The molecule has 1 amide bonds. The fourth-order valence-corrected chi connectivity index (χ4v) is 2.91. The van der Waals surface area contributed by atoms with Gasteiger partial charge in [-0.1, -0.05) is 6.92 Å². The molecule has 18 heavy (non-hydrogen) atoms. The molecule has 1 aromatic rings. The van der Waals surface area contributed by atoms with Crippen molar-refractivity contribution in [1.82, 2.24) is 4.90 Å². The molecule has 1 aliphatic rings. The lowest BCUT2D eigenvalue weighted by atomic mass is 9.94. The molecule has 4 heteroatoms. The summed E-state index contributed by atoms with van der Waals surface area (Å²) in [5, 5.41) is 0. The van der Waals surface area contributed by atoms with E-state index in [-0.39, 0.29) is 17.8 Å². The number of amides is 1. The van der Waals surface area contributed by atoms with Crippen molar-refractivity contribution < 1.29 is 9.18 Å². The SMILES string of the molecule is CC1CCC(C)N(C(=O)c2ccc(F)cc2Br)C1. The molecule has 0 radical (unpaired) electrons. The van der Waals surface area contributed by atoms with Gasteiger partial charge in [-0.05, 0) is 59.8 Å². The Balaban J connectivity index is 2.24. The number of hydrogen-bond acceptors (Lipinski definition) is 1. The van der Waals surface area contributed by atoms with Crippen LogP contribution in [0.4, 0.5) is 4.39 Å². The summed E-state index contributed by atoms with van der Waals surface area (Å²) in [5.41, 5.74) is 0.539. The van der Waals surface area contributed by atoms with Crippen LogP contribution in [0.15, 0.2) is 22.7 Å². The molecule has 0 aromatic heterocycles. The summed E-state index contributed by atoms with van der Waals surface area (Å²) in [5.74, 6) is 0.184. The molecule has 0 saturated carbocycles. The minimum atomic E-state index is -0.335. The second kappa shape index (κ2) is 5.39. The van der Waals surface area contributed by atoms with Crippen molar-refractivity contribution in [2.75, 3.05) is 6.54 Å². The number of benzene rings is 1. The maximum atomic E-state index is 13.0. The number of hydrogen-bond donors (Lipinski definition) is 0. The number of piperidine rings is 1. The first-order chi connectivity index (χ1) is 8.49. The zero-order valence-electron chi connectivity index (χ0n) is 10.6. The van der Waals surface area contributed by atoms with Crippen molar-refractivity contribution in [1.29, 1.82) is 0 Å². The molecule has 1 fully saturated rings. The molecular formula is C14H17BrFNO. The minimum Gasteiger partial charge on any atom is -0.336 e. The van der Waals surface area contributed by atoms with Crippen molar-refractivity contribution in [3.8, 4) is 0 Å². The van der Waals surface area contributed by atoms with Crippen LogP contribution in [0.3, 0.4) is 0 Å². The Hall–Kier alpha value is -0.900. The van der Waals surface area contributed by atoms with Crippen LogP contribution in [0.5, 0.6) is 0 Å². The van der Waals surface area contributed by atoms with E-state index in [1.54, 1.807) is 6.07 Å². The van der Waals surface area contributed by atoms with Crippen molar-refractivity contribution in [3.63, 3.8) is 0 Å². The third kappa shape index (κ3) is 2.74. The maximum absolute atomic E-state index is 13.0. The highest BCUT2D eigenvalue weighted by Crippen LogP contribution is 2.26. The Kier molecular flexibility index (Phi) is 4.05. The maximum Gasteiger partial charge on any atom is 0.255 e. The average molecular weight is 314 g/mol. The summed E-state index contributed by atoms with van der Waals surface area (Å²) in [4.78, 5) is 14.4. The van der Waals surface area contributed by atoms with Gasteiger partial charge in [0, 0.05) is 17.1 Å². The van der Waals surface area contributed by atoms with Gasteiger partial charge in [-0.25, -0.2) is 4.39 Å². The van der Waals surface area contributed by atoms with Gasteiger partial charge in [-0.15, -0.1) is 0 Å². The monoisotopic (exact) mass is 313 g/mol. The first kappa shape index (κ1) is 13.5. The van der Waals surface area contributed by atoms with E-state index >= 15 is 0 Å². The molecule has 1 heterocycles. The molecule has 2 nitrogen and oxygen atoms in total. The standard InChI is InChI=1S/C14H17BrFNO/c1-9-3-4-10(2)17(8-9)14(18)12-6-5-11(16)7-13(12)15/h5-7,9-10H,3-4,8H2,1-2H3. The van der Waals surface area contributed by atoms with Crippen LogP contribution in [0.25, 0.3) is 0 Å². The molecular weight excluding hydrogens is 297 g/mol. The molecule has 1 aliphatic heterocycles. The molecule has 2 unspecified atom stereocenters. The quantitative estimate of drug-likeness (QED) is 0.771. The lowest BCUT2D eigenvalue weighted by Crippen LogP contribution is -2.45. The number of carbonyl (C=O) groups is 1. The Morgan fingerprint density at radius 1 is 1.39 bits per heavy atom. The van der Waals surface area contributed by atoms with Gasteiger partial charge < -0.3 is 4.90 Å². The summed E-state index contributed by atoms with van der Waals surface area (Å²) < 4.78 is 13.6. The van der Waals surface area contributed by atoms with Gasteiger partial charge in [-0.2, -0.15) is 0 Å². The van der Waals surface area contributed by atoms with Gasteiger partial charge in [-0.3, -0.25) is 4.79 Å². The fraction of sp³-hybridized carbons (Fsp3) is 0.500. The highest BCUT2D eigenvalue weighted by molar-refractivity contribution is 9.10. The summed E-state index contributed by atoms with van der Waals surface area (Å²) in [6, 6.07) is 4.47. The van der Waals surface area contributed by atoms with E-state index in [9.17, 15) is 9.18 Å². The van der Waals surface area contributed by atoms with Gasteiger partial charge in [0.05, 0.1) is 5.56 Å². The number of rotatable bonds is 1. The number of nitrogens with zero attached hydrogens (tertiary/aromatic N) is 1. The van der Waals surface area contributed by atoms with Crippen LogP contribution in [-0.4, -0.2) is 23.4 Å². The van der Waals surface area contributed by atoms with Crippen LogP contribution < -0.4 is 0 Å². The molecule has 2 atom stereocenters. The van der Waals surface area contributed by atoms with Gasteiger partial charge in [0.1, 0.15) is 5.82 Å². The Bertz CT molecular complexity index is 463. The fourth-order valence-electron chi connectivity index (χ4n) is 2.39. The largest absolute Gasteiger partial charge is 0.336 e. The van der Waals surface area contributed by atoms with Crippen LogP contribution in [0, 0.1) is 11.7 Å². The molecule has 98 valence electrons. The molecule has 0 N–H and O–H groups in total. The van der Waals surface area contributed by atoms with E-state index in [4.69, 9.17) is 0 Å². The zero-order chi connectivity index (χ0) is 13.3. The summed E-state index contributed by atoms with van der Waals surface area (Å²) in [6.45, 7) is 5.01. The van der Waals surface area contributed by atoms with Crippen LogP contribution in [0.2, 0.25) is 0 Å². The van der Waals surface area contributed by atoms with E-state index in [1.165, 1.54) is 12.1 Å². The van der Waals surface area contributed by atoms with Crippen LogP contribution >= 0.6 is 15.9 Å². The lowest BCUT2D eigenvalue weighted by Gasteiger charge is -2.37. The summed E-state index contributed by atoms with van der Waals surface area (Å²) in [6.07, 6.45) is 2.20. The van der Waals surface area contributed by atoms with Gasteiger partial charge >= 0.3 is 0 Å². The lowest BCUT2D eigenvalue weighted by molar-refractivity contribution is 0.0573. The molecule has 1 aromatic carbocycles. The Morgan fingerprint density at radius 2 is 2.11 bits per heavy atom. The first-order valence-corrected chi connectivity index (χ1v) is 7.04. The van der Waals surface area contributed by atoms with Crippen molar-refractivity contribution >= 4 is 21.8 Å². The Labute approximate surface area is 115 Å². The van der Waals surface area contributed by atoms with E-state index < -0.39 is 0 Å². The third-order valence-electron chi connectivity index (χ3n) is 3.54. The molecule has 0 spiro atoms. The predicted octanol–water partition coefficient (Wildman–Crippen LogP) is 3.85. The van der Waals surface area contributed by atoms with Gasteiger partial charge in [0.2, 0.25) is 0 Å². The van der Waals surface area contributed by atoms with Crippen molar-refractivity contribution in [2.24, 2.45) is 5.92 Å². The Morgan fingerprint density at radius 3 is 2.78 bits per heavy atom. The van der Waals surface area contributed by atoms with E-state index in [2.05, 4.69) is 29.8 Å². The highest BCUT2D eigenvalue weighted by atomic mass is 79.9. The normalized spacial score (nSPS) is 24.1. The van der Waals surface area contributed by atoms with E-state index in [0.29, 0.717) is 16.0 Å². The van der Waals surface area contributed by atoms with E-state index in [0.717, 1.165) is 19.4 Å². The molecule has 0 aliphatic carbocycles. The predicted molar refractivity (Wildman–Crippen MR) is 73.0 cm³/mol. The van der Waals surface area contributed by atoms with Gasteiger partial charge in [0.25, 0.3) is 5.91 Å². The molecule has 2 rings (SSSR count). The van der Waals surface area contributed by atoms with Crippen LogP contribution in [0.1, 0.15) is 37.0 Å². The minimum absolute atomic E-state index is 0.0130. The molecule has 0 bridgehead atoms. The first-order valence-electron chi connectivity index (χ1n) is 6.25. The number of halogens is 2. The van der Waals surface area contributed by atoms with E-state index in [1.807, 2.05) is 4.90 Å². The molecule has 1 saturated heterocycles. The summed E-state index contributed by atoms with van der Waals surface area (Å²) in [7, 11) is 0. The third-order valence-corrected chi connectivity index (χ3v) is 4.20. The number of carbonyl (C=O) groups excluding carboxylic acids is 1. The smallest absolute Gasteiger partial charge is 0.255 e. The van der Waals surface area contributed by atoms with Gasteiger partial charge in [0.15, 0.2) is 0 Å². The zero-order valence-corrected chi connectivity index (χ0v) is 12.2. The highest BCUT2D eigenvalue weighted by Gasteiger charge is 2.28. The second-order valence-electron chi connectivity index (χ2n) is 5.11. The second-order valence-corrected chi connectivity index (χ2v) is 5.97. The topological polar surface area (TPSA) is 20.3 Å². The average Bonchev–Trinajstić information content (AvgIpc) is 2.31. The van der Waals surface area contributed by atoms with Crippen LogP contribution in [-0.2, 0) is 0 Å².